The van der Waals surface area contributed by atoms with Crippen LogP contribution in [0.3, 0.4) is 0 Å². The van der Waals surface area contributed by atoms with Crippen molar-refractivity contribution in [3.63, 3.8) is 0 Å². The Bertz CT molecular complexity index is 592. The molecule has 2 aromatic rings. The quantitative estimate of drug-likeness (QED) is 0.845. The molecule has 0 fully saturated rings. The van der Waals surface area contributed by atoms with Gasteiger partial charge in [0.15, 0.2) is 0 Å². The maximum absolute atomic E-state index is 13.0. The third-order valence-corrected chi connectivity index (χ3v) is 3.21. The number of rotatable bonds is 4. The fourth-order valence-corrected chi connectivity index (χ4v) is 2.18. The van der Waals surface area contributed by atoms with Crippen molar-refractivity contribution in [1.82, 2.24) is 9.97 Å². The van der Waals surface area contributed by atoms with Crippen LogP contribution in [0.5, 0.6) is 0 Å². The SMILES string of the molecule is CCc1nc(Br)cc(NCc2ccc(F)c(Cl)c2)n1. The van der Waals surface area contributed by atoms with Crippen molar-refractivity contribution in [3.05, 3.63) is 51.1 Å². The summed E-state index contributed by atoms with van der Waals surface area (Å²) >= 11 is 9.07. The molecule has 2 rings (SSSR count). The second-order valence-electron chi connectivity index (χ2n) is 3.95. The molecular weight excluding hydrogens is 333 g/mol. The van der Waals surface area contributed by atoms with Crippen molar-refractivity contribution in [2.45, 2.75) is 19.9 Å². The van der Waals surface area contributed by atoms with Crippen LogP contribution < -0.4 is 5.32 Å². The molecule has 0 amide bonds. The minimum atomic E-state index is -0.413. The first-order valence-electron chi connectivity index (χ1n) is 5.79. The van der Waals surface area contributed by atoms with Gasteiger partial charge in [-0.2, -0.15) is 0 Å². The average molecular weight is 345 g/mol. The number of aryl methyl sites for hydroxylation is 1. The highest BCUT2D eigenvalue weighted by Gasteiger charge is 2.03. The van der Waals surface area contributed by atoms with Gasteiger partial charge in [0, 0.05) is 19.0 Å². The van der Waals surface area contributed by atoms with Crippen LogP contribution >= 0.6 is 27.5 Å². The van der Waals surface area contributed by atoms with Crippen LogP contribution in [0.2, 0.25) is 5.02 Å². The first kappa shape index (κ1) is 14.2. The summed E-state index contributed by atoms with van der Waals surface area (Å²) in [6.07, 6.45) is 0.760. The molecule has 3 nitrogen and oxygen atoms in total. The molecule has 0 spiro atoms. The van der Waals surface area contributed by atoms with E-state index < -0.39 is 5.82 Å². The Labute approximate surface area is 124 Å². The van der Waals surface area contributed by atoms with Crippen LogP contribution in [-0.4, -0.2) is 9.97 Å². The van der Waals surface area contributed by atoms with Crippen molar-refractivity contribution in [2.75, 3.05) is 5.32 Å². The molecule has 0 saturated carbocycles. The lowest BCUT2D eigenvalue weighted by molar-refractivity contribution is 0.627. The highest BCUT2D eigenvalue weighted by atomic mass is 79.9. The van der Waals surface area contributed by atoms with E-state index in [1.54, 1.807) is 18.2 Å². The van der Waals surface area contributed by atoms with E-state index in [1.807, 2.05) is 6.92 Å². The van der Waals surface area contributed by atoms with E-state index in [-0.39, 0.29) is 5.02 Å². The van der Waals surface area contributed by atoms with Crippen LogP contribution in [0, 0.1) is 5.82 Å². The number of halogens is 3. The summed E-state index contributed by atoms with van der Waals surface area (Å²) in [6, 6.07) is 6.43. The Morgan fingerprint density at radius 2 is 2.11 bits per heavy atom. The van der Waals surface area contributed by atoms with Gasteiger partial charge in [0.25, 0.3) is 0 Å². The highest BCUT2D eigenvalue weighted by molar-refractivity contribution is 9.10. The second-order valence-corrected chi connectivity index (χ2v) is 5.17. The van der Waals surface area contributed by atoms with Gasteiger partial charge in [-0.25, -0.2) is 14.4 Å². The van der Waals surface area contributed by atoms with E-state index in [1.165, 1.54) is 6.07 Å². The molecule has 6 heteroatoms. The average Bonchev–Trinajstić information content (AvgIpc) is 2.39. The van der Waals surface area contributed by atoms with Crippen LogP contribution in [-0.2, 0) is 13.0 Å². The molecule has 0 bridgehead atoms. The molecular formula is C13H12BrClFN3. The van der Waals surface area contributed by atoms with Crippen LogP contribution in [0.25, 0.3) is 0 Å². The topological polar surface area (TPSA) is 37.8 Å². The lowest BCUT2D eigenvalue weighted by Crippen LogP contribution is -2.04. The number of nitrogens with zero attached hydrogens (tertiary/aromatic N) is 2. The number of aromatic nitrogens is 2. The first-order chi connectivity index (χ1) is 9.08. The molecule has 0 aliphatic carbocycles. The van der Waals surface area contributed by atoms with Crippen molar-refractivity contribution in [1.29, 1.82) is 0 Å². The van der Waals surface area contributed by atoms with Gasteiger partial charge >= 0.3 is 0 Å². The molecule has 0 aliphatic heterocycles. The molecule has 100 valence electrons. The third kappa shape index (κ3) is 3.88. The molecule has 0 atom stereocenters. The molecule has 0 radical (unpaired) electrons. The predicted octanol–water partition coefficient (Wildman–Crippen LogP) is 4.21. The van der Waals surface area contributed by atoms with E-state index in [0.29, 0.717) is 6.54 Å². The Hall–Kier alpha value is -1.20. The van der Waals surface area contributed by atoms with Gasteiger partial charge in [0.05, 0.1) is 5.02 Å². The number of nitrogens with one attached hydrogen (secondary N) is 1. The minimum Gasteiger partial charge on any atom is -0.366 e. The summed E-state index contributed by atoms with van der Waals surface area (Å²) in [5, 5.41) is 3.28. The lowest BCUT2D eigenvalue weighted by Gasteiger charge is -2.08. The number of hydrogen-bond donors (Lipinski definition) is 1. The predicted molar refractivity (Wildman–Crippen MR) is 77.8 cm³/mol. The molecule has 1 N–H and O–H groups in total. The first-order valence-corrected chi connectivity index (χ1v) is 6.97. The maximum Gasteiger partial charge on any atom is 0.141 e. The van der Waals surface area contributed by atoms with Gasteiger partial charge < -0.3 is 5.32 Å². The molecule has 0 unspecified atom stereocenters. The van der Waals surface area contributed by atoms with Crippen molar-refractivity contribution >= 4 is 33.3 Å². The lowest BCUT2D eigenvalue weighted by atomic mass is 10.2. The molecule has 1 aromatic carbocycles. The van der Waals surface area contributed by atoms with Gasteiger partial charge in [0.2, 0.25) is 0 Å². The Morgan fingerprint density at radius 1 is 1.32 bits per heavy atom. The molecule has 1 aromatic heterocycles. The second kappa shape index (κ2) is 6.30. The van der Waals surface area contributed by atoms with Crippen molar-refractivity contribution < 1.29 is 4.39 Å². The van der Waals surface area contributed by atoms with Crippen LogP contribution in [0.4, 0.5) is 10.2 Å². The van der Waals surface area contributed by atoms with Gasteiger partial charge in [-0.15, -0.1) is 0 Å². The molecule has 19 heavy (non-hydrogen) atoms. The molecule has 0 saturated heterocycles. The summed E-state index contributed by atoms with van der Waals surface area (Å²) < 4.78 is 13.8. The zero-order valence-corrected chi connectivity index (χ0v) is 12.6. The Balaban J connectivity index is 2.09. The van der Waals surface area contributed by atoms with E-state index in [4.69, 9.17) is 11.6 Å². The normalized spacial score (nSPS) is 10.5. The minimum absolute atomic E-state index is 0.123. The maximum atomic E-state index is 13.0. The highest BCUT2D eigenvalue weighted by Crippen LogP contribution is 2.18. The van der Waals surface area contributed by atoms with Crippen molar-refractivity contribution in [2.24, 2.45) is 0 Å². The third-order valence-electron chi connectivity index (χ3n) is 2.52. The van der Waals surface area contributed by atoms with E-state index in [0.717, 1.165) is 28.2 Å². The smallest absolute Gasteiger partial charge is 0.141 e. The standard InChI is InChI=1S/C13H12BrClFN3/c1-2-12-18-11(14)6-13(19-12)17-7-8-3-4-10(16)9(15)5-8/h3-6H,2,7H2,1H3,(H,17,18,19). The Morgan fingerprint density at radius 3 is 2.79 bits per heavy atom. The van der Waals surface area contributed by atoms with Crippen LogP contribution in [0.15, 0.2) is 28.9 Å². The van der Waals surface area contributed by atoms with Gasteiger partial charge in [0.1, 0.15) is 22.1 Å². The summed E-state index contributed by atoms with van der Waals surface area (Å²) in [7, 11) is 0. The van der Waals surface area contributed by atoms with Gasteiger partial charge in [-0.1, -0.05) is 24.6 Å². The fraction of sp³-hybridized carbons (Fsp3) is 0.231. The summed E-state index contributed by atoms with van der Waals surface area (Å²) in [5.41, 5.74) is 0.888. The zero-order valence-electron chi connectivity index (χ0n) is 10.3. The Kier molecular flexibility index (Phi) is 4.71. The van der Waals surface area contributed by atoms with E-state index in [9.17, 15) is 4.39 Å². The number of benzene rings is 1. The number of anilines is 1. The van der Waals surface area contributed by atoms with Gasteiger partial charge in [-0.3, -0.25) is 0 Å². The van der Waals surface area contributed by atoms with Crippen molar-refractivity contribution in [3.8, 4) is 0 Å². The summed E-state index contributed by atoms with van der Waals surface area (Å²) in [6.45, 7) is 2.51. The monoisotopic (exact) mass is 343 g/mol. The molecule has 1 heterocycles. The zero-order chi connectivity index (χ0) is 13.8. The van der Waals surface area contributed by atoms with E-state index in [2.05, 4.69) is 31.2 Å². The van der Waals surface area contributed by atoms with Gasteiger partial charge in [-0.05, 0) is 33.6 Å². The number of hydrogen-bond acceptors (Lipinski definition) is 3. The molecule has 0 aliphatic rings. The van der Waals surface area contributed by atoms with E-state index >= 15 is 0 Å². The van der Waals surface area contributed by atoms with Crippen LogP contribution in [0.1, 0.15) is 18.3 Å². The largest absolute Gasteiger partial charge is 0.366 e. The summed E-state index contributed by atoms with van der Waals surface area (Å²) in [4.78, 5) is 8.58. The summed E-state index contributed by atoms with van der Waals surface area (Å²) in [5.74, 6) is 1.07. The fourth-order valence-electron chi connectivity index (χ4n) is 1.56.